The lowest BCUT2D eigenvalue weighted by atomic mass is 9.79. The Morgan fingerprint density at radius 1 is 1.25 bits per heavy atom. The molecule has 0 bridgehead atoms. The van der Waals surface area contributed by atoms with E-state index >= 15 is 0 Å². The number of amides is 3. The number of carboxylic acid groups (broad SMARTS) is 1. The van der Waals surface area contributed by atoms with Crippen LogP contribution in [-0.2, 0) is 0 Å². The van der Waals surface area contributed by atoms with Crippen molar-refractivity contribution in [3.05, 3.63) is 29.3 Å². The van der Waals surface area contributed by atoms with Gasteiger partial charge < -0.3 is 20.6 Å². The second kappa shape index (κ2) is 7.30. The van der Waals surface area contributed by atoms with E-state index in [1.807, 2.05) is 20.8 Å². The van der Waals surface area contributed by atoms with Crippen LogP contribution in [0.4, 0.5) is 15.3 Å². The molecule has 1 aromatic carbocycles. The molecule has 6 nitrogen and oxygen atoms in total. The second-order valence-corrected chi connectivity index (χ2v) is 7.62. The van der Waals surface area contributed by atoms with Crippen LogP contribution >= 0.6 is 11.6 Å². The SMILES string of the molecule is CC(C)(C)C1CC(NC(=O)Nc2ccc(Cl)cc2)CCN1C(=O)O. The predicted molar refractivity (Wildman–Crippen MR) is 94.6 cm³/mol. The van der Waals surface area contributed by atoms with Crippen LogP contribution in [0.5, 0.6) is 0 Å². The van der Waals surface area contributed by atoms with Gasteiger partial charge in [-0.05, 0) is 42.5 Å². The minimum Gasteiger partial charge on any atom is -0.465 e. The molecule has 2 rings (SSSR count). The summed E-state index contributed by atoms with van der Waals surface area (Å²) in [5.41, 5.74) is 0.470. The van der Waals surface area contributed by atoms with Crippen molar-refractivity contribution in [2.45, 2.75) is 45.7 Å². The summed E-state index contributed by atoms with van der Waals surface area (Å²) in [6.07, 6.45) is 0.301. The van der Waals surface area contributed by atoms with Gasteiger partial charge in [0.1, 0.15) is 0 Å². The van der Waals surface area contributed by atoms with Gasteiger partial charge in [-0.2, -0.15) is 0 Å². The van der Waals surface area contributed by atoms with Crippen molar-refractivity contribution in [3.63, 3.8) is 0 Å². The molecule has 0 saturated carbocycles. The molecule has 0 radical (unpaired) electrons. The van der Waals surface area contributed by atoms with E-state index in [4.69, 9.17) is 11.6 Å². The van der Waals surface area contributed by atoms with Gasteiger partial charge in [-0.1, -0.05) is 32.4 Å². The molecule has 7 heteroatoms. The highest BCUT2D eigenvalue weighted by molar-refractivity contribution is 6.30. The van der Waals surface area contributed by atoms with Crippen LogP contribution < -0.4 is 10.6 Å². The van der Waals surface area contributed by atoms with E-state index in [0.29, 0.717) is 30.1 Å². The summed E-state index contributed by atoms with van der Waals surface area (Å²) in [6.45, 7) is 6.47. The zero-order valence-electron chi connectivity index (χ0n) is 14.2. The Morgan fingerprint density at radius 3 is 2.42 bits per heavy atom. The molecule has 2 unspecified atom stereocenters. The monoisotopic (exact) mass is 353 g/mol. The number of piperidine rings is 1. The van der Waals surface area contributed by atoms with Crippen LogP contribution in [0.2, 0.25) is 5.02 Å². The van der Waals surface area contributed by atoms with Gasteiger partial charge in [0.15, 0.2) is 0 Å². The molecule has 24 heavy (non-hydrogen) atoms. The van der Waals surface area contributed by atoms with Gasteiger partial charge >= 0.3 is 12.1 Å². The zero-order chi connectivity index (χ0) is 17.9. The van der Waals surface area contributed by atoms with Crippen molar-refractivity contribution in [2.75, 3.05) is 11.9 Å². The second-order valence-electron chi connectivity index (χ2n) is 7.18. The number of nitrogens with zero attached hydrogens (tertiary/aromatic N) is 1. The summed E-state index contributed by atoms with van der Waals surface area (Å²) in [6, 6.07) is 6.39. The summed E-state index contributed by atoms with van der Waals surface area (Å²) in [7, 11) is 0. The minimum absolute atomic E-state index is 0.0582. The number of carbonyl (C=O) groups excluding carboxylic acids is 1. The number of rotatable bonds is 2. The van der Waals surface area contributed by atoms with Gasteiger partial charge in [0.2, 0.25) is 0 Å². The summed E-state index contributed by atoms with van der Waals surface area (Å²) in [4.78, 5) is 25.1. The fraction of sp³-hybridized carbons (Fsp3) is 0.529. The molecule has 0 aromatic heterocycles. The quantitative estimate of drug-likeness (QED) is 0.751. The van der Waals surface area contributed by atoms with Crippen LogP contribution in [0, 0.1) is 5.41 Å². The Labute approximate surface area is 147 Å². The fourth-order valence-corrected chi connectivity index (χ4v) is 3.16. The zero-order valence-corrected chi connectivity index (χ0v) is 14.9. The van der Waals surface area contributed by atoms with E-state index in [0.717, 1.165) is 0 Å². The van der Waals surface area contributed by atoms with Gasteiger partial charge in [0.25, 0.3) is 0 Å². The summed E-state index contributed by atoms with van der Waals surface area (Å²) in [5, 5.41) is 15.7. The van der Waals surface area contributed by atoms with E-state index in [2.05, 4.69) is 10.6 Å². The maximum atomic E-state index is 12.2. The van der Waals surface area contributed by atoms with Gasteiger partial charge in [0.05, 0.1) is 0 Å². The standard InChI is InChI=1S/C17H24ClN3O3/c1-17(2,3)14-10-13(8-9-21(14)16(23)24)20-15(22)19-12-6-4-11(18)5-7-12/h4-7,13-14H,8-10H2,1-3H3,(H,23,24)(H2,19,20,22). The molecule has 1 aliphatic rings. The first-order chi connectivity index (χ1) is 11.2. The van der Waals surface area contributed by atoms with E-state index in [1.165, 1.54) is 4.90 Å². The molecule has 1 saturated heterocycles. The largest absolute Gasteiger partial charge is 0.465 e. The number of halogens is 1. The molecule has 3 N–H and O–H groups in total. The summed E-state index contributed by atoms with van der Waals surface area (Å²) < 4.78 is 0. The van der Waals surface area contributed by atoms with E-state index in [9.17, 15) is 14.7 Å². The maximum Gasteiger partial charge on any atom is 0.407 e. The number of benzene rings is 1. The summed E-state index contributed by atoms with van der Waals surface area (Å²) >= 11 is 5.82. The fourth-order valence-electron chi connectivity index (χ4n) is 3.03. The molecular weight excluding hydrogens is 330 g/mol. The Balaban J connectivity index is 1.96. The van der Waals surface area contributed by atoms with Crippen molar-refractivity contribution < 1.29 is 14.7 Å². The predicted octanol–water partition coefficient (Wildman–Crippen LogP) is 4.02. The van der Waals surface area contributed by atoms with Crippen LogP contribution in [0.25, 0.3) is 0 Å². The maximum absolute atomic E-state index is 12.2. The molecule has 2 atom stereocenters. The lowest BCUT2D eigenvalue weighted by molar-refractivity contribution is 0.0501. The number of urea groups is 1. The van der Waals surface area contributed by atoms with Gasteiger partial charge in [-0.3, -0.25) is 0 Å². The first-order valence-corrected chi connectivity index (χ1v) is 8.37. The first kappa shape index (κ1) is 18.4. The van der Waals surface area contributed by atoms with Crippen LogP contribution in [-0.4, -0.2) is 40.8 Å². The molecule has 1 aromatic rings. The number of likely N-dealkylation sites (tertiary alicyclic amines) is 1. The highest BCUT2D eigenvalue weighted by Crippen LogP contribution is 2.32. The first-order valence-electron chi connectivity index (χ1n) is 7.99. The van der Waals surface area contributed by atoms with Crippen molar-refractivity contribution in [1.29, 1.82) is 0 Å². The molecule has 1 fully saturated rings. The molecule has 132 valence electrons. The third-order valence-electron chi connectivity index (χ3n) is 4.29. The number of nitrogens with one attached hydrogen (secondary N) is 2. The molecular formula is C17H24ClN3O3. The Kier molecular flexibility index (Phi) is 5.59. The van der Waals surface area contributed by atoms with Crippen LogP contribution in [0.1, 0.15) is 33.6 Å². The topological polar surface area (TPSA) is 81.7 Å². The average Bonchev–Trinajstić information content (AvgIpc) is 2.48. The van der Waals surface area contributed by atoms with E-state index in [1.54, 1.807) is 24.3 Å². The normalized spacial score (nSPS) is 21.2. The molecule has 3 amide bonds. The van der Waals surface area contributed by atoms with Crippen molar-refractivity contribution in [3.8, 4) is 0 Å². The molecule has 0 spiro atoms. The number of hydrogen-bond donors (Lipinski definition) is 3. The third kappa shape index (κ3) is 4.77. The lowest BCUT2D eigenvalue weighted by Crippen LogP contribution is -2.56. The van der Waals surface area contributed by atoms with Crippen molar-refractivity contribution in [1.82, 2.24) is 10.2 Å². The van der Waals surface area contributed by atoms with Crippen molar-refractivity contribution in [2.24, 2.45) is 5.41 Å². The van der Waals surface area contributed by atoms with Gasteiger partial charge in [-0.25, -0.2) is 9.59 Å². The van der Waals surface area contributed by atoms with Crippen molar-refractivity contribution >= 4 is 29.4 Å². The average molecular weight is 354 g/mol. The molecule has 1 heterocycles. The summed E-state index contributed by atoms with van der Waals surface area (Å²) in [5.74, 6) is 0. The number of anilines is 1. The Bertz CT molecular complexity index is 598. The highest BCUT2D eigenvalue weighted by Gasteiger charge is 2.39. The highest BCUT2D eigenvalue weighted by atomic mass is 35.5. The van der Waals surface area contributed by atoms with Gasteiger partial charge in [-0.15, -0.1) is 0 Å². The van der Waals surface area contributed by atoms with E-state index < -0.39 is 6.09 Å². The third-order valence-corrected chi connectivity index (χ3v) is 4.54. The van der Waals surface area contributed by atoms with E-state index in [-0.39, 0.29) is 23.5 Å². The smallest absolute Gasteiger partial charge is 0.407 e. The van der Waals surface area contributed by atoms with Crippen LogP contribution in [0.3, 0.4) is 0 Å². The lowest BCUT2D eigenvalue weighted by Gasteiger charge is -2.44. The Hall–Kier alpha value is -1.95. The number of hydrogen-bond acceptors (Lipinski definition) is 2. The Morgan fingerprint density at radius 2 is 1.88 bits per heavy atom. The minimum atomic E-state index is -0.904. The van der Waals surface area contributed by atoms with Crippen LogP contribution in [0.15, 0.2) is 24.3 Å². The number of carbonyl (C=O) groups is 2. The van der Waals surface area contributed by atoms with Gasteiger partial charge in [0, 0.05) is 29.3 Å². The molecule has 0 aliphatic carbocycles. The molecule has 1 aliphatic heterocycles.